The van der Waals surface area contributed by atoms with Crippen LogP contribution in [0.3, 0.4) is 0 Å². The van der Waals surface area contributed by atoms with Crippen LogP contribution in [-0.4, -0.2) is 17.8 Å². The molecule has 0 N–H and O–H groups in total. The molecule has 68 valence electrons. The molecule has 0 aromatic carbocycles. The maximum absolute atomic E-state index is 10.7. The van der Waals surface area contributed by atoms with Crippen molar-refractivity contribution in [2.45, 2.75) is 26.2 Å². The van der Waals surface area contributed by atoms with Crippen LogP contribution in [0.1, 0.15) is 26.2 Å². The first-order valence-electron chi connectivity index (χ1n) is 4.16. The maximum atomic E-state index is 10.7. The smallest absolute Gasteiger partial charge is 0.207 e. The van der Waals surface area contributed by atoms with Crippen molar-refractivity contribution in [2.24, 2.45) is 11.3 Å². The van der Waals surface area contributed by atoms with Gasteiger partial charge in [-0.15, -0.1) is 0 Å². The zero-order chi connectivity index (χ0) is 9.19. The van der Waals surface area contributed by atoms with Gasteiger partial charge in [0.25, 0.3) is 0 Å². The van der Waals surface area contributed by atoms with E-state index < -0.39 is 5.41 Å². The van der Waals surface area contributed by atoms with Crippen molar-refractivity contribution < 1.29 is 9.72 Å². The van der Waals surface area contributed by atoms with E-state index in [1.807, 2.05) is 6.92 Å². The van der Waals surface area contributed by atoms with Crippen molar-refractivity contribution in [1.29, 1.82) is 0 Å². The highest BCUT2D eigenvalue weighted by atomic mass is 16.6. The van der Waals surface area contributed by atoms with E-state index in [1.165, 1.54) is 0 Å². The van der Waals surface area contributed by atoms with Gasteiger partial charge >= 0.3 is 0 Å². The van der Waals surface area contributed by atoms with E-state index in [-0.39, 0.29) is 17.4 Å². The van der Waals surface area contributed by atoms with Gasteiger partial charge in [-0.3, -0.25) is 10.1 Å². The van der Waals surface area contributed by atoms with Crippen LogP contribution in [0.5, 0.6) is 0 Å². The lowest BCUT2D eigenvalue weighted by molar-refractivity contribution is -0.490. The van der Waals surface area contributed by atoms with Crippen molar-refractivity contribution in [3.8, 4) is 0 Å². The minimum absolute atomic E-state index is 0.0509. The quantitative estimate of drug-likeness (QED) is 0.365. The van der Waals surface area contributed by atoms with Gasteiger partial charge in [0.2, 0.25) is 6.54 Å². The fourth-order valence-corrected chi connectivity index (χ4v) is 1.90. The molecule has 1 fully saturated rings. The molecule has 0 bridgehead atoms. The summed E-state index contributed by atoms with van der Waals surface area (Å²) in [5.74, 6) is -0.0509. The zero-order valence-electron chi connectivity index (χ0n) is 7.16. The normalized spacial score (nSPS) is 34.9. The Hall–Kier alpha value is -0.930. The molecule has 0 aromatic rings. The summed E-state index contributed by atoms with van der Waals surface area (Å²) in [6, 6.07) is 0. The third-order valence-electron chi connectivity index (χ3n) is 2.84. The van der Waals surface area contributed by atoms with Gasteiger partial charge in [0, 0.05) is 16.3 Å². The van der Waals surface area contributed by atoms with Crippen molar-refractivity contribution in [1.82, 2.24) is 0 Å². The van der Waals surface area contributed by atoms with E-state index in [4.69, 9.17) is 0 Å². The third kappa shape index (κ3) is 1.62. The number of carbonyl (C=O) groups is 1. The molecule has 0 amide bonds. The summed E-state index contributed by atoms with van der Waals surface area (Å²) in [4.78, 5) is 20.6. The first-order chi connectivity index (χ1) is 5.58. The lowest BCUT2D eigenvalue weighted by Gasteiger charge is -2.21. The maximum Gasteiger partial charge on any atom is 0.207 e. The van der Waals surface area contributed by atoms with Gasteiger partial charge in [0.05, 0.1) is 0 Å². The lowest BCUT2D eigenvalue weighted by atomic mass is 9.81. The first kappa shape index (κ1) is 9.16. The predicted molar refractivity (Wildman–Crippen MR) is 43.4 cm³/mol. The van der Waals surface area contributed by atoms with Crippen molar-refractivity contribution in [3.63, 3.8) is 0 Å². The molecule has 0 spiro atoms. The Labute approximate surface area is 71.1 Å². The van der Waals surface area contributed by atoms with Crippen molar-refractivity contribution in [3.05, 3.63) is 10.1 Å². The topological polar surface area (TPSA) is 60.2 Å². The standard InChI is InChI=1S/C8H13NO3/c1-8(6-10)4-2-3-7(8)5-9(11)12/h6-7H,2-5H2,1H3/t7-,8?/m1/s1. The van der Waals surface area contributed by atoms with Crippen molar-refractivity contribution in [2.75, 3.05) is 6.54 Å². The average Bonchev–Trinajstić information content (AvgIpc) is 2.33. The summed E-state index contributed by atoms with van der Waals surface area (Å²) < 4.78 is 0. The van der Waals surface area contributed by atoms with Crippen LogP contribution in [0, 0.1) is 21.4 Å². The summed E-state index contributed by atoms with van der Waals surface area (Å²) in [5, 5.41) is 10.2. The Balaban J connectivity index is 2.63. The van der Waals surface area contributed by atoms with Crippen LogP contribution in [0.25, 0.3) is 0 Å². The average molecular weight is 171 g/mol. The first-order valence-corrected chi connectivity index (χ1v) is 4.16. The Kier molecular flexibility index (Phi) is 2.45. The molecule has 1 unspecified atom stereocenters. The number of aldehydes is 1. The molecule has 0 aliphatic heterocycles. The molecular formula is C8H13NO3. The summed E-state index contributed by atoms with van der Waals surface area (Å²) in [5.41, 5.74) is -0.437. The van der Waals surface area contributed by atoms with Crippen LogP contribution in [0.2, 0.25) is 0 Å². The van der Waals surface area contributed by atoms with Crippen LogP contribution in [0.15, 0.2) is 0 Å². The Morgan fingerprint density at radius 1 is 1.75 bits per heavy atom. The van der Waals surface area contributed by atoms with E-state index in [9.17, 15) is 14.9 Å². The molecule has 0 radical (unpaired) electrons. The Morgan fingerprint density at radius 3 is 2.92 bits per heavy atom. The van der Waals surface area contributed by atoms with E-state index in [0.717, 1.165) is 25.5 Å². The largest absolute Gasteiger partial charge is 0.303 e. The molecule has 2 atom stereocenters. The van der Waals surface area contributed by atoms with Gasteiger partial charge in [-0.2, -0.15) is 0 Å². The highest BCUT2D eigenvalue weighted by Crippen LogP contribution is 2.41. The fraction of sp³-hybridized carbons (Fsp3) is 0.875. The number of rotatable bonds is 3. The van der Waals surface area contributed by atoms with Crippen molar-refractivity contribution >= 4 is 6.29 Å². The second-order valence-electron chi connectivity index (χ2n) is 3.73. The van der Waals surface area contributed by atoms with Crippen LogP contribution in [-0.2, 0) is 4.79 Å². The fourth-order valence-electron chi connectivity index (χ4n) is 1.90. The molecule has 1 aliphatic carbocycles. The van der Waals surface area contributed by atoms with Gasteiger partial charge < -0.3 is 4.79 Å². The molecule has 0 aromatic heterocycles. The highest BCUT2D eigenvalue weighted by molar-refractivity contribution is 5.59. The number of hydrogen-bond acceptors (Lipinski definition) is 3. The molecule has 1 aliphatic rings. The van der Waals surface area contributed by atoms with Gasteiger partial charge in [-0.1, -0.05) is 13.3 Å². The summed E-state index contributed by atoms with van der Waals surface area (Å²) in [6.45, 7) is 1.76. The number of hydrogen-bond donors (Lipinski definition) is 0. The van der Waals surface area contributed by atoms with E-state index in [2.05, 4.69) is 0 Å². The lowest BCUT2D eigenvalue weighted by Crippen LogP contribution is -2.28. The molecule has 0 heterocycles. The van der Waals surface area contributed by atoms with E-state index in [0.29, 0.717) is 0 Å². The SMILES string of the molecule is CC1(C=O)CCC[C@@H]1C[N+](=O)[O-]. The summed E-state index contributed by atoms with van der Waals surface area (Å²) >= 11 is 0. The molecule has 0 saturated heterocycles. The third-order valence-corrected chi connectivity index (χ3v) is 2.84. The summed E-state index contributed by atoms with van der Waals surface area (Å²) in [7, 11) is 0. The van der Waals surface area contributed by atoms with Gasteiger partial charge in [-0.25, -0.2) is 0 Å². The van der Waals surface area contributed by atoms with Gasteiger partial charge in [-0.05, 0) is 12.8 Å². The zero-order valence-corrected chi connectivity index (χ0v) is 7.16. The van der Waals surface area contributed by atoms with E-state index >= 15 is 0 Å². The monoisotopic (exact) mass is 171 g/mol. The minimum atomic E-state index is -0.437. The Morgan fingerprint density at radius 2 is 2.42 bits per heavy atom. The second-order valence-corrected chi connectivity index (χ2v) is 3.73. The van der Waals surface area contributed by atoms with Crippen LogP contribution >= 0.6 is 0 Å². The Bertz CT molecular complexity index is 204. The molecule has 1 saturated carbocycles. The summed E-state index contributed by atoms with van der Waals surface area (Å²) in [6.07, 6.45) is 3.44. The number of nitrogens with zero attached hydrogens (tertiary/aromatic N) is 1. The molecule has 1 rings (SSSR count). The van der Waals surface area contributed by atoms with Gasteiger partial charge in [0.15, 0.2) is 0 Å². The molecule has 4 nitrogen and oxygen atoms in total. The molecule has 4 heteroatoms. The predicted octanol–water partition coefficient (Wildman–Crippen LogP) is 1.27. The molecular weight excluding hydrogens is 158 g/mol. The highest BCUT2D eigenvalue weighted by Gasteiger charge is 2.41. The van der Waals surface area contributed by atoms with Crippen LogP contribution in [0.4, 0.5) is 0 Å². The van der Waals surface area contributed by atoms with Gasteiger partial charge in [0.1, 0.15) is 6.29 Å². The van der Waals surface area contributed by atoms with E-state index in [1.54, 1.807) is 0 Å². The minimum Gasteiger partial charge on any atom is -0.303 e. The number of carbonyl (C=O) groups excluding carboxylic acids is 1. The molecule has 12 heavy (non-hydrogen) atoms. The van der Waals surface area contributed by atoms with Crippen LogP contribution < -0.4 is 0 Å². The number of nitro groups is 1. The second kappa shape index (κ2) is 3.21.